The minimum atomic E-state index is -0.514. The zero-order valence-electron chi connectivity index (χ0n) is 13.7. The Kier molecular flexibility index (Phi) is 4.37. The second kappa shape index (κ2) is 5.92. The van der Waals surface area contributed by atoms with Gasteiger partial charge in [0, 0.05) is 18.9 Å². The van der Waals surface area contributed by atoms with Gasteiger partial charge in [-0.25, -0.2) is 0 Å². The normalized spacial score (nSPS) is 13.2. The maximum atomic E-state index is 12.4. The Morgan fingerprint density at radius 3 is 2.59 bits per heavy atom. The molecule has 120 valence electrons. The van der Waals surface area contributed by atoms with E-state index in [1.165, 1.54) is 0 Å². The van der Waals surface area contributed by atoms with Gasteiger partial charge in [0.2, 0.25) is 0 Å². The number of aliphatic hydroxyl groups is 1. The summed E-state index contributed by atoms with van der Waals surface area (Å²) in [4.78, 5) is 12.4. The van der Waals surface area contributed by atoms with Crippen molar-refractivity contribution in [3.8, 4) is 0 Å². The molecule has 0 saturated heterocycles. The molecule has 7 nitrogen and oxygen atoms in total. The van der Waals surface area contributed by atoms with Crippen LogP contribution in [-0.4, -0.2) is 37.2 Å². The topological polar surface area (TPSA) is 85.0 Å². The van der Waals surface area contributed by atoms with Crippen LogP contribution in [0.1, 0.15) is 48.7 Å². The molecular weight excluding hydrogens is 282 g/mol. The summed E-state index contributed by atoms with van der Waals surface area (Å²) in [6, 6.07) is 3.00. The second-order valence-corrected chi connectivity index (χ2v) is 6.34. The summed E-state index contributed by atoms with van der Waals surface area (Å²) in [6.07, 6.45) is 1.63. The second-order valence-electron chi connectivity index (χ2n) is 6.34. The van der Waals surface area contributed by atoms with Gasteiger partial charge in [-0.05, 0) is 39.8 Å². The van der Waals surface area contributed by atoms with Crippen molar-refractivity contribution in [2.45, 2.75) is 39.3 Å². The van der Waals surface area contributed by atoms with E-state index in [0.29, 0.717) is 5.69 Å². The van der Waals surface area contributed by atoms with Gasteiger partial charge in [0.05, 0.1) is 23.9 Å². The van der Waals surface area contributed by atoms with Crippen LogP contribution in [0.25, 0.3) is 0 Å². The Balaban J connectivity index is 2.20. The van der Waals surface area contributed by atoms with E-state index in [1.807, 2.05) is 32.4 Å². The van der Waals surface area contributed by atoms with Crippen molar-refractivity contribution in [1.82, 2.24) is 24.9 Å². The summed E-state index contributed by atoms with van der Waals surface area (Å²) >= 11 is 0. The molecule has 1 amide bonds. The van der Waals surface area contributed by atoms with E-state index in [9.17, 15) is 9.90 Å². The van der Waals surface area contributed by atoms with Crippen molar-refractivity contribution in [2.75, 3.05) is 6.61 Å². The fourth-order valence-electron chi connectivity index (χ4n) is 2.44. The van der Waals surface area contributed by atoms with Gasteiger partial charge in [0.15, 0.2) is 0 Å². The summed E-state index contributed by atoms with van der Waals surface area (Å²) < 4.78 is 3.44. The number of aliphatic hydroxyl groups excluding tert-OH is 1. The Morgan fingerprint density at radius 2 is 2.14 bits per heavy atom. The fraction of sp³-hybridized carbons (Fsp3) is 0.533. The highest BCUT2D eigenvalue weighted by atomic mass is 16.3. The van der Waals surface area contributed by atoms with Crippen LogP contribution in [-0.2, 0) is 12.6 Å². The molecule has 2 heterocycles. The molecule has 0 aliphatic rings. The number of carbonyl (C=O) groups excluding carboxylic acids is 1. The number of nitrogens with one attached hydrogen (secondary N) is 1. The zero-order chi connectivity index (χ0) is 16.5. The molecule has 0 fully saturated rings. The highest BCUT2D eigenvalue weighted by Gasteiger charge is 2.23. The predicted octanol–water partition coefficient (Wildman–Crippen LogP) is 1.14. The quantitative estimate of drug-likeness (QED) is 0.887. The van der Waals surface area contributed by atoms with E-state index in [4.69, 9.17) is 0 Å². The Morgan fingerprint density at radius 1 is 1.45 bits per heavy atom. The number of hydrogen-bond donors (Lipinski definition) is 2. The molecule has 0 aliphatic heterocycles. The molecule has 0 aliphatic carbocycles. The van der Waals surface area contributed by atoms with Gasteiger partial charge in [-0.15, -0.1) is 0 Å². The first-order chi connectivity index (χ1) is 10.2. The average Bonchev–Trinajstić information content (AvgIpc) is 3.01. The van der Waals surface area contributed by atoms with Crippen molar-refractivity contribution in [3.63, 3.8) is 0 Å². The van der Waals surface area contributed by atoms with Crippen molar-refractivity contribution in [3.05, 3.63) is 35.4 Å². The first kappa shape index (κ1) is 16.2. The summed E-state index contributed by atoms with van der Waals surface area (Å²) in [5.74, 6) is -0.314. The van der Waals surface area contributed by atoms with E-state index < -0.39 is 6.04 Å². The van der Waals surface area contributed by atoms with Crippen molar-refractivity contribution in [2.24, 2.45) is 7.05 Å². The number of rotatable bonds is 4. The van der Waals surface area contributed by atoms with Crippen LogP contribution in [0.4, 0.5) is 0 Å². The van der Waals surface area contributed by atoms with Gasteiger partial charge in [-0.3, -0.25) is 14.2 Å². The summed E-state index contributed by atoms with van der Waals surface area (Å²) in [5.41, 5.74) is 1.80. The molecule has 2 aromatic heterocycles. The fourth-order valence-corrected chi connectivity index (χ4v) is 2.44. The molecule has 2 N–H and O–H groups in total. The smallest absolute Gasteiger partial charge is 0.272 e. The van der Waals surface area contributed by atoms with Crippen LogP contribution in [0.15, 0.2) is 18.3 Å². The molecule has 0 spiro atoms. The average molecular weight is 305 g/mol. The third-order valence-electron chi connectivity index (χ3n) is 3.46. The van der Waals surface area contributed by atoms with Crippen LogP contribution in [0.2, 0.25) is 0 Å². The highest BCUT2D eigenvalue weighted by Crippen LogP contribution is 2.17. The van der Waals surface area contributed by atoms with E-state index in [2.05, 4.69) is 15.5 Å². The Hall–Kier alpha value is -2.15. The van der Waals surface area contributed by atoms with Crippen LogP contribution >= 0.6 is 0 Å². The SMILES string of the molecule is Cc1cc(C(=O)NC(CO)c2ccnn2C)nn1C(C)(C)C. The molecule has 2 rings (SSSR count). The molecule has 1 unspecified atom stereocenters. The number of aromatic nitrogens is 4. The molecule has 0 radical (unpaired) electrons. The summed E-state index contributed by atoms with van der Waals surface area (Å²) in [6.45, 7) is 7.80. The number of nitrogens with zero attached hydrogens (tertiary/aromatic N) is 4. The number of carbonyl (C=O) groups is 1. The minimum absolute atomic E-state index is 0.193. The van der Waals surface area contributed by atoms with Crippen LogP contribution in [0.3, 0.4) is 0 Å². The zero-order valence-corrected chi connectivity index (χ0v) is 13.7. The maximum Gasteiger partial charge on any atom is 0.272 e. The lowest BCUT2D eigenvalue weighted by Gasteiger charge is -2.21. The molecule has 1 atom stereocenters. The number of amides is 1. The molecule has 22 heavy (non-hydrogen) atoms. The standard InChI is InChI=1S/C15H23N5O2/c1-10-8-11(18-20(10)15(2,3)4)14(22)17-12(9-21)13-6-7-16-19(13)5/h6-8,12,21H,9H2,1-5H3,(H,17,22). The van der Waals surface area contributed by atoms with Gasteiger partial charge in [-0.2, -0.15) is 10.2 Å². The monoisotopic (exact) mass is 305 g/mol. The van der Waals surface area contributed by atoms with Crippen molar-refractivity contribution < 1.29 is 9.90 Å². The van der Waals surface area contributed by atoms with E-state index >= 15 is 0 Å². The molecule has 0 aromatic carbocycles. The lowest BCUT2D eigenvalue weighted by Crippen LogP contribution is -2.33. The van der Waals surface area contributed by atoms with E-state index in [1.54, 1.807) is 30.1 Å². The van der Waals surface area contributed by atoms with Gasteiger partial charge in [-0.1, -0.05) is 0 Å². The van der Waals surface area contributed by atoms with Crippen LogP contribution in [0.5, 0.6) is 0 Å². The van der Waals surface area contributed by atoms with Gasteiger partial charge >= 0.3 is 0 Å². The van der Waals surface area contributed by atoms with Crippen molar-refractivity contribution in [1.29, 1.82) is 0 Å². The van der Waals surface area contributed by atoms with Gasteiger partial charge in [0.1, 0.15) is 5.69 Å². The number of aryl methyl sites for hydroxylation is 2. The first-order valence-electron chi connectivity index (χ1n) is 7.21. The minimum Gasteiger partial charge on any atom is -0.394 e. The number of hydrogen-bond acceptors (Lipinski definition) is 4. The highest BCUT2D eigenvalue weighted by molar-refractivity contribution is 5.92. The van der Waals surface area contributed by atoms with Crippen LogP contribution in [0, 0.1) is 6.92 Å². The van der Waals surface area contributed by atoms with Gasteiger partial charge < -0.3 is 10.4 Å². The summed E-state index contributed by atoms with van der Waals surface area (Å²) in [7, 11) is 1.77. The summed E-state index contributed by atoms with van der Waals surface area (Å²) in [5, 5.41) is 20.7. The van der Waals surface area contributed by atoms with Gasteiger partial charge in [0.25, 0.3) is 5.91 Å². The van der Waals surface area contributed by atoms with E-state index in [0.717, 1.165) is 11.4 Å². The maximum absolute atomic E-state index is 12.4. The van der Waals surface area contributed by atoms with E-state index in [-0.39, 0.29) is 18.1 Å². The molecular formula is C15H23N5O2. The third-order valence-corrected chi connectivity index (χ3v) is 3.46. The Labute approximate surface area is 129 Å². The van der Waals surface area contributed by atoms with Crippen LogP contribution < -0.4 is 5.32 Å². The lowest BCUT2D eigenvalue weighted by atomic mass is 10.1. The lowest BCUT2D eigenvalue weighted by molar-refractivity contribution is 0.0906. The largest absolute Gasteiger partial charge is 0.394 e. The molecule has 0 bridgehead atoms. The molecule has 0 saturated carbocycles. The molecule has 7 heteroatoms. The third kappa shape index (κ3) is 3.19. The molecule has 2 aromatic rings. The van der Waals surface area contributed by atoms with Crippen molar-refractivity contribution >= 4 is 5.91 Å². The Bertz CT molecular complexity index is 666. The predicted molar refractivity (Wildman–Crippen MR) is 82.5 cm³/mol. The first-order valence-corrected chi connectivity index (χ1v) is 7.21.